The molecule has 2 heteroatoms. The normalized spacial score (nSPS) is 31.8. The van der Waals surface area contributed by atoms with E-state index in [4.69, 9.17) is 5.11 Å². The molecule has 70 valence electrons. The first-order valence-electron chi connectivity index (χ1n) is 4.54. The Bertz CT molecular complexity index is 324. The second-order valence-corrected chi connectivity index (χ2v) is 4.01. The Balaban J connectivity index is 2.27. The fraction of sp³-hybridized carbons (Fsp3) is 0.455. The molecule has 1 aliphatic rings. The Morgan fingerprint density at radius 2 is 2.38 bits per heavy atom. The molecular formula is C11H13FO. The number of hydrogen-bond donors (Lipinski definition) is 1. The van der Waals surface area contributed by atoms with Gasteiger partial charge in [0, 0.05) is 6.61 Å². The molecule has 0 aromatic heterocycles. The fourth-order valence-corrected chi connectivity index (χ4v) is 1.92. The molecule has 0 saturated heterocycles. The van der Waals surface area contributed by atoms with Crippen LogP contribution in [0.5, 0.6) is 0 Å². The van der Waals surface area contributed by atoms with Crippen LogP contribution in [0.2, 0.25) is 0 Å². The zero-order valence-electron chi connectivity index (χ0n) is 7.63. The van der Waals surface area contributed by atoms with Gasteiger partial charge in [0.15, 0.2) is 0 Å². The van der Waals surface area contributed by atoms with E-state index in [1.165, 1.54) is 6.07 Å². The van der Waals surface area contributed by atoms with Gasteiger partial charge < -0.3 is 5.11 Å². The van der Waals surface area contributed by atoms with E-state index >= 15 is 0 Å². The third-order valence-electron chi connectivity index (χ3n) is 3.12. The Kier molecular flexibility index (Phi) is 1.88. The predicted octanol–water partition coefficient (Wildman–Crippen LogP) is 2.10. The number of hydrogen-bond acceptors (Lipinski definition) is 1. The van der Waals surface area contributed by atoms with E-state index in [2.05, 4.69) is 6.92 Å². The molecule has 0 bridgehead atoms. The van der Waals surface area contributed by atoms with Crippen LogP contribution in [-0.2, 0) is 5.41 Å². The molecular weight excluding hydrogens is 167 g/mol. The molecule has 1 aromatic rings. The van der Waals surface area contributed by atoms with Crippen molar-refractivity contribution in [3.05, 3.63) is 35.6 Å². The largest absolute Gasteiger partial charge is 0.396 e. The average molecular weight is 180 g/mol. The molecule has 0 aliphatic heterocycles. The van der Waals surface area contributed by atoms with E-state index in [0.717, 1.165) is 12.0 Å². The quantitative estimate of drug-likeness (QED) is 0.739. The molecule has 2 unspecified atom stereocenters. The SMILES string of the molecule is CC1(c2cccc(F)c2)CC1CO. The summed E-state index contributed by atoms with van der Waals surface area (Å²) < 4.78 is 12.9. The second-order valence-electron chi connectivity index (χ2n) is 4.01. The summed E-state index contributed by atoms with van der Waals surface area (Å²) in [5.74, 6) is 0.122. The first kappa shape index (κ1) is 8.70. The lowest BCUT2D eigenvalue weighted by atomic mass is 9.96. The van der Waals surface area contributed by atoms with Crippen LogP contribution >= 0.6 is 0 Å². The van der Waals surface area contributed by atoms with E-state index in [-0.39, 0.29) is 17.8 Å². The van der Waals surface area contributed by atoms with Gasteiger partial charge in [-0.3, -0.25) is 0 Å². The lowest BCUT2D eigenvalue weighted by Gasteiger charge is -2.10. The van der Waals surface area contributed by atoms with Gasteiger partial charge in [-0.2, -0.15) is 0 Å². The number of benzene rings is 1. The number of rotatable bonds is 2. The van der Waals surface area contributed by atoms with Crippen LogP contribution in [0.15, 0.2) is 24.3 Å². The zero-order chi connectivity index (χ0) is 9.47. The van der Waals surface area contributed by atoms with Gasteiger partial charge in [-0.1, -0.05) is 19.1 Å². The summed E-state index contributed by atoms with van der Waals surface area (Å²) in [6.07, 6.45) is 0.965. The topological polar surface area (TPSA) is 20.2 Å². The number of halogens is 1. The van der Waals surface area contributed by atoms with Crippen molar-refractivity contribution in [2.45, 2.75) is 18.8 Å². The van der Waals surface area contributed by atoms with Gasteiger partial charge in [0.05, 0.1) is 0 Å². The van der Waals surface area contributed by atoms with E-state index in [0.29, 0.717) is 5.92 Å². The summed E-state index contributed by atoms with van der Waals surface area (Å²) in [5, 5.41) is 8.98. The first-order valence-corrected chi connectivity index (χ1v) is 4.54. The summed E-state index contributed by atoms with van der Waals surface area (Å²) in [6, 6.07) is 6.67. The van der Waals surface area contributed by atoms with Crippen molar-refractivity contribution in [2.24, 2.45) is 5.92 Å². The number of aliphatic hydroxyl groups excluding tert-OH is 1. The van der Waals surface area contributed by atoms with Crippen LogP contribution in [0.4, 0.5) is 4.39 Å². The van der Waals surface area contributed by atoms with Gasteiger partial charge >= 0.3 is 0 Å². The third-order valence-corrected chi connectivity index (χ3v) is 3.12. The summed E-state index contributed by atoms with van der Waals surface area (Å²) in [5.41, 5.74) is 1.02. The molecule has 1 N–H and O–H groups in total. The first-order chi connectivity index (χ1) is 6.16. The van der Waals surface area contributed by atoms with Gasteiger partial charge in [-0.25, -0.2) is 4.39 Å². The van der Waals surface area contributed by atoms with Crippen LogP contribution in [0.3, 0.4) is 0 Å². The second kappa shape index (κ2) is 2.81. The van der Waals surface area contributed by atoms with Gasteiger partial charge in [0.2, 0.25) is 0 Å². The van der Waals surface area contributed by atoms with Gasteiger partial charge in [0.25, 0.3) is 0 Å². The Hall–Kier alpha value is -0.890. The highest BCUT2D eigenvalue weighted by Crippen LogP contribution is 2.53. The van der Waals surface area contributed by atoms with Crippen molar-refractivity contribution in [3.8, 4) is 0 Å². The summed E-state index contributed by atoms with van der Waals surface area (Å²) >= 11 is 0. The van der Waals surface area contributed by atoms with Crippen LogP contribution in [-0.4, -0.2) is 11.7 Å². The third kappa shape index (κ3) is 1.35. The Morgan fingerprint density at radius 1 is 1.62 bits per heavy atom. The van der Waals surface area contributed by atoms with E-state index < -0.39 is 0 Å². The molecule has 2 atom stereocenters. The van der Waals surface area contributed by atoms with Crippen molar-refractivity contribution >= 4 is 0 Å². The van der Waals surface area contributed by atoms with Crippen molar-refractivity contribution in [3.63, 3.8) is 0 Å². The molecule has 1 fully saturated rings. The maximum absolute atomic E-state index is 12.9. The van der Waals surface area contributed by atoms with Crippen molar-refractivity contribution in [1.29, 1.82) is 0 Å². The van der Waals surface area contributed by atoms with Gasteiger partial charge in [0.1, 0.15) is 5.82 Å². The Labute approximate surface area is 77.2 Å². The molecule has 0 heterocycles. The maximum atomic E-state index is 12.9. The molecule has 13 heavy (non-hydrogen) atoms. The monoisotopic (exact) mass is 180 g/mol. The summed E-state index contributed by atoms with van der Waals surface area (Å²) in [7, 11) is 0. The molecule has 1 aromatic carbocycles. The van der Waals surface area contributed by atoms with Crippen LogP contribution in [0.1, 0.15) is 18.9 Å². The maximum Gasteiger partial charge on any atom is 0.123 e. The van der Waals surface area contributed by atoms with Crippen LogP contribution in [0, 0.1) is 11.7 Å². The fourth-order valence-electron chi connectivity index (χ4n) is 1.92. The molecule has 1 nitrogen and oxygen atoms in total. The minimum atomic E-state index is -0.192. The molecule has 1 saturated carbocycles. The van der Waals surface area contributed by atoms with E-state index in [1.807, 2.05) is 6.07 Å². The zero-order valence-corrected chi connectivity index (χ0v) is 7.63. The van der Waals surface area contributed by atoms with E-state index in [9.17, 15) is 4.39 Å². The summed E-state index contributed by atoms with van der Waals surface area (Å²) in [6.45, 7) is 2.27. The molecule has 0 spiro atoms. The van der Waals surface area contributed by atoms with E-state index in [1.54, 1.807) is 12.1 Å². The number of aliphatic hydroxyl groups is 1. The van der Waals surface area contributed by atoms with Crippen molar-refractivity contribution in [2.75, 3.05) is 6.61 Å². The molecule has 2 rings (SSSR count). The molecule has 0 radical (unpaired) electrons. The smallest absolute Gasteiger partial charge is 0.123 e. The van der Waals surface area contributed by atoms with Crippen molar-refractivity contribution < 1.29 is 9.50 Å². The predicted molar refractivity (Wildman–Crippen MR) is 48.9 cm³/mol. The Morgan fingerprint density at radius 3 is 2.92 bits per heavy atom. The average Bonchev–Trinajstić information content (AvgIpc) is 2.79. The van der Waals surface area contributed by atoms with Crippen molar-refractivity contribution in [1.82, 2.24) is 0 Å². The standard InChI is InChI=1S/C11H13FO/c1-11(6-9(11)7-13)8-3-2-4-10(12)5-8/h2-5,9,13H,6-7H2,1H3. The minimum absolute atomic E-state index is 0.0108. The summed E-state index contributed by atoms with van der Waals surface area (Å²) in [4.78, 5) is 0. The lowest BCUT2D eigenvalue weighted by Crippen LogP contribution is -2.06. The van der Waals surface area contributed by atoms with Gasteiger partial charge in [-0.05, 0) is 35.4 Å². The molecule has 1 aliphatic carbocycles. The van der Waals surface area contributed by atoms with Gasteiger partial charge in [-0.15, -0.1) is 0 Å². The van der Waals surface area contributed by atoms with Crippen LogP contribution < -0.4 is 0 Å². The van der Waals surface area contributed by atoms with Crippen LogP contribution in [0.25, 0.3) is 0 Å². The highest BCUT2D eigenvalue weighted by Gasteiger charge is 2.50. The minimum Gasteiger partial charge on any atom is -0.396 e. The molecule has 0 amide bonds. The lowest BCUT2D eigenvalue weighted by molar-refractivity contribution is 0.265. The highest BCUT2D eigenvalue weighted by atomic mass is 19.1. The highest BCUT2D eigenvalue weighted by molar-refractivity contribution is 5.32.